The summed E-state index contributed by atoms with van der Waals surface area (Å²) in [7, 11) is 0. The number of rotatable bonds is 7. The predicted octanol–water partition coefficient (Wildman–Crippen LogP) is 6.56. The molecule has 1 aliphatic rings. The van der Waals surface area contributed by atoms with Gasteiger partial charge in [0.1, 0.15) is 24.5 Å². The number of carbonyl (C=O) groups is 2. The lowest BCUT2D eigenvalue weighted by Gasteiger charge is -2.13. The smallest absolute Gasteiger partial charge is 0.290 e. The van der Waals surface area contributed by atoms with Gasteiger partial charge in [-0.25, -0.2) is 8.78 Å². The summed E-state index contributed by atoms with van der Waals surface area (Å²) in [5.74, 6) is -2.49. The fourth-order valence-electron chi connectivity index (χ4n) is 3.92. The SMILES string of the molecule is C/C(=C1/SC(=O)NC1=O)c1ccc(OCCOc2c(-c3ccc(F)c(F)c3)oc3ccccc3c2=O)c(Cl)c1. The van der Waals surface area contributed by atoms with Gasteiger partial charge in [0.25, 0.3) is 11.1 Å². The van der Waals surface area contributed by atoms with Crippen molar-refractivity contribution in [3.05, 3.63) is 98.0 Å². The minimum absolute atomic E-state index is 0.0185. The van der Waals surface area contributed by atoms with Gasteiger partial charge in [0.15, 0.2) is 17.4 Å². The Labute approximate surface area is 229 Å². The number of halogens is 3. The van der Waals surface area contributed by atoms with Gasteiger partial charge in [0.2, 0.25) is 11.2 Å². The number of imide groups is 1. The van der Waals surface area contributed by atoms with Crippen LogP contribution in [0.25, 0.3) is 27.9 Å². The molecule has 1 fully saturated rings. The van der Waals surface area contributed by atoms with Crippen LogP contribution in [0.1, 0.15) is 12.5 Å². The molecule has 7 nitrogen and oxygen atoms in total. The fraction of sp³-hybridized carbons (Fsp3) is 0.107. The van der Waals surface area contributed by atoms with Crippen LogP contribution in [-0.4, -0.2) is 24.4 Å². The molecule has 2 heterocycles. The lowest BCUT2D eigenvalue weighted by Crippen LogP contribution is -2.18. The Hall–Kier alpha value is -4.15. The second-order valence-corrected chi connectivity index (χ2v) is 9.74. The first-order chi connectivity index (χ1) is 18.7. The Morgan fingerprint density at radius 3 is 2.46 bits per heavy atom. The summed E-state index contributed by atoms with van der Waals surface area (Å²) in [5.41, 5.74) is 1.15. The molecule has 5 rings (SSSR count). The first-order valence-corrected chi connectivity index (χ1v) is 12.7. The van der Waals surface area contributed by atoms with E-state index in [2.05, 4.69) is 5.32 Å². The summed E-state index contributed by atoms with van der Waals surface area (Å²) in [6, 6.07) is 14.6. The van der Waals surface area contributed by atoms with E-state index in [9.17, 15) is 23.2 Å². The Morgan fingerprint density at radius 1 is 0.974 bits per heavy atom. The minimum atomic E-state index is -1.10. The van der Waals surface area contributed by atoms with Crippen LogP contribution in [0.5, 0.6) is 11.5 Å². The predicted molar refractivity (Wildman–Crippen MR) is 144 cm³/mol. The zero-order chi connectivity index (χ0) is 27.7. The maximum absolute atomic E-state index is 13.9. The van der Waals surface area contributed by atoms with Crippen LogP contribution in [0.15, 0.2) is 74.8 Å². The number of fused-ring (bicyclic) bond motifs is 1. The summed E-state index contributed by atoms with van der Waals surface area (Å²) >= 11 is 7.19. The number of thioether (sulfide) groups is 1. The summed E-state index contributed by atoms with van der Waals surface area (Å²) < 4.78 is 44.7. The molecule has 1 N–H and O–H groups in total. The number of hydrogen-bond donors (Lipinski definition) is 1. The number of nitrogens with one attached hydrogen (secondary N) is 1. The molecule has 2 amide bonds. The van der Waals surface area contributed by atoms with Gasteiger partial charge in [-0.05, 0) is 72.3 Å². The lowest BCUT2D eigenvalue weighted by atomic mass is 10.1. The highest BCUT2D eigenvalue weighted by Crippen LogP contribution is 2.35. The molecule has 1 aromatic heterocycles. The Kier molecular flexibility index (Phi) is 7.40. The molecule has 0 spiro atoms. The number of para-hydroxylation sites is 1. The molecule has 39 heavy (non-hydrogen) atoms. The van der Waals surface area contributed by atoms with Crippen molar-refractivity contribution in [1.82, 2.24) is 5.32 Å². The van der Waals surface area contributed by atoms with E-state index in [1.165, 1.54) is 6.07 Å². The van der Waals surface area contributed by atoms with Gasteiger partial charge in [0, 0.05) is 5.56 Å². The molecule has 198 valence electrons. The highest BCUT2D eigenvalue weighted by molar-refractivity contribution is 8.18. The molecule has 11 heteroatoms. The van der Waals surface area contributed by atoms with Crippen molar-refractivity contribution >= 4 is 51.1 Å². The number of benzene rings is 3. The van der Waals surface area contributed by atoms with Crippen molar-refractivity contribution in [2.75, 3.05) is 13.2 Å². The van der Waals surface area contributed by atoms with Crippen molar-refractivity contribution in [3.8, 4) is 22.8 Å². The van der Waals surface area contributed by atoms with Gasteiger partial charge in [-0.2, -0.15) is 0 Å². The lowest BCUT2D eigenvalue weighted by molar-refractivity contribution is -0.115. The second kappa shape index (κ2) is 10.9. The summed E-state index contributed by atoms with van der Waals surface area (Å²) in [6.07, 6.45) is 0. The van der Waals surface area contributed by atoms with Crippen LogP contribution >= 0.6 is 23.4 Å². The van der Waals surface area contributed by atoms with E-state index >= 15 is 0 Å². The highest BCUT2D eigenvalue weighted by atomic mass is 35.5. The third-order valence-corrected chi connectivity index (χ3v) is 7.13. The van der Waals surface area contributed by atoms with Crippen LogP contribution in [0.4, 0.5) is 13.6 Å². The normalized spacial score (nSPS) is 14.5. The average Bonchev–Trinajstić information content (AvgIpc) is 3.26. The van der Waals surface area contributed by atoms with Crippen LogP contribution < -0.4 is 20.2 Å². The molecule has 0 unspecified atom stereocenters. The molecule has 0 radical (unpaired) electrons. The monoisotopic (exact) mass is 569 g/mol. The zero-order valence-corrected chi connectivity index (χ0v) is 21.8. The first kappa shape index (κ1) is 26.5. The quantitative estimate of drug-likeness (QED) is 0.199. The molecular weight excluding hydrogens is 552 g/mol. The summed E-state index contributed by atoms with van der Waals surface area (Å²) in [6.45, 7) is 1.59. The molecule has 1 saturated heterocycles. The molecule has 1 aliphatic heterocycles. The molecule has 4 aromatic rings. The molecule has 3 aromatic carbocycles. The Bertz CT molecular complexity index is 1740. The van der Waals surface area contributed by atoms with Crippen LogP contribution in [0.2, 0.25) is 5.02 Å². The first-order valence-electron chi connectivity index (χ1n) is 11.5. The standard InChI is InChI=1S/C28H18ClF2NO6S/c1-14(26-27(34)32-28(35)39-26)15-7-9-22(18(29)12-15)36-10-11-37-25-23(33)17-4-2-3-5-21(17)38-24(25)16-6-8-19(30)20(31)13-16/h2-9,12-13H,10-11H2,1H3,(H,32,34,35)/b26-14-. The van der Waals surface area contributed by atoms with Crippen molar-refractivity contribution < 1.29 is 32.3 Å². The van der Waals surface area contributed by atoms with Crippen LogP contribution in [0, 0.1) is 11.6 Å². The van der Waals surface area contributed by atoms with Crippen molar-refractivity contribution in [1.29, 1.82) is 0 Å². The van der Waals surface area contributed by atoms with E-state index in [0.717, 1.165) is 23.9 Å². The van der Waals surface area contributed by atoms with E-state index in [0.29, 0.717) is 21.8 Å². The highest BCUT2D eigenvalue weighted by Gasteiger charge is 2.27. The third kappa shape index (κ3) is 5.39. The Morgan fingerprint density at radius 2 is 1.74 bits per heavy atom. The molecular formula is C28H18ClF2NO6S. The van der Waals surface area contributed by atoms with E-state index in [4.69, 9.17) is 25.5 Å². The van der Waals surface area contributed by atoms with E-state index < -0.39 is 28.2 Å². The maximum atomic E-state index is 13.9. The maximum Gasteiger partial charge on any atom is 0.290 e. The van der Waals surface area contributed by atoms with Crippen molar-refractivity contribution in [2.24, 2.45) is 0 Å². The van der Waals surface area contributed by atoms with Crippen molar-refractivity contribution in [3.63, 3.8) is 0 Å². The van der Waals surface area contributed by atoms with Crippen molar-refractivity contribution in [2.45, 2.75) is 6.92 Å². The van der Waals surface area contributed by atoms with E-state index in [1.54, 1.807) is 49.4 Å². The summed E-state index contributed by atoms with van der Waals surface area (Å²) in [4.78, 5) is 36.9. The third-order valence-electron chi connectivity index (χ3n) is 5.85. The number of ether oxygens (including phenoxy) is 2. The van der Waals surface area contributed by atoms with Gasteiger partial charge in [-0.15, -0.1) is 0 Å². The van der Waals surface area contributed by atoms with Gasteiger partial charge in [0.05, 0.1) is 15.3 Å². The molecule has 0 atom stereocenters. The van der Waals surface area contributed by atoms with E-state index in [-0.39, 0.29) is 46.3 Å². The van der Waals surface area contributed by atoms with Crippen LogP contribution in [0.3, 0.4) is 0 Å². The number of allylic oxidation sites excluding steroid dienone is 1. The second-order valence-electron chi connectivity index (χ2n) is 8.35. The molecule has 0 aliphatic carbocycles. The van der Waals surface area contributed by atoms with Gasteiger partial charge in [-0.1, -0.05) is 29.8 Å². The average molecular weight is 570 g/mol. The number of carbonyl (C=O) groups excluding carboxylic acids is 2. The molecule has 0 bridgehead atoms. The largest absolute Gasteiger partial charge is 0.488 e. The van der Waals surface area contributed by atoms with Gasteiger partial charge >= 0.3 is 0 Å². The van der Waals surface area contributed by atoms with Gasteiger partial charge in [-0.3, -0.25) is 19.7 Å². The summed E-state index contributed by atoms with van der Waals surface area (Å²) in [5, 5.41) is 2.30. The zero-order valence-electron chi connectivity index (χ0n) is 20.2. The van der Waals surface area contributed by atoms with E-state index in [1.807, 2.05) is 0 Å². The fourth-order valence-corrected chi connectivity index (χ4v) is 4.90. The molecule has 0 saturated carbocycles. The van der Waals surface area contributed by atoms with Gasteiger partial charge < -0.3 is 13.9 Å². The minimum Gasteiger partial charge on any atom is -0.488 e. The topological polar surface area (TPSA) is 94.8 Å². The van der Waals surface area contributed by atoms with Crippen LogP contribution in [-0.2, 0) is 4.79 Å². The number of hydrogen-bond acceptors (Lipinski definition) is 7. The Balaban J connectivity index is 1.34. The number of amides is 2.